The molecule has 0 radical (unpaired) electrons. The minimum atomic E-state index is -0.0449. The highest BCUT2D eigenvalue weighted by Gasteiger charge is 2.15. The number of benzene rings is 1. The van der Waals surface area contributed by atoms with E-state index in [1.165, 1.54) is 25.9 Å². The lowest BCUT2D eigenvalue weighted by Crippen LogP contribution is -2.34. The Bertz CT molecular complexity index is 675. The average molecular weight is 328 g/mol. The number of hydrogen-bond acceptors (Lipinski definition) is 5. The van der Waals surface area contributed by atoms with Gasteiger partial charge in [-0.25, -0.2) is 0 Å². The van der Waals surface area contributed by atoms with Gasteiger partial charge in [0.1, 0.15) is 0 Å². The van der Waals surface area contributed by atoms with E-state index in [1.807, 2.05) is 12.1 Å². The van der Waals surface area contributed by atoms with Gasteiger partial charge in [0.15, 0.2) is 5.82 Å². The number of likely N-dealkylation sites (tertiary alicyclic amines) is 1. The van der Waals surface area contributed by atoms with Gasteiger partial charge in [-0.3, -0.25) is 4.79 Å². The van der Waals surface area contributed by atoms with Crippen molar-refractivity contribution >= 4 is 5.91 Å². The van der Waals surface area contributed by atoms with Crippen LogP contribution in [-0.4, -0.2) is 47.1 Å². The second-order valence-electron chi connectivity index (χ2n) is 6.55. The second kappa shape index (κ2) is 7.57. The summed E-state index contributed by atoms with van der Waals surface area (Å²) in [5, 5.41) is 6.79. The fraction of sp³-hybridized carbons (Fsp3) is 0.500. The third-order valence-electron chi connectivity index (χ3n) is 4.30. The molecular weight excluding hydrogens is 304 g/mol. The molecule has 24 heavy (non-hydrogen) atoms. The Morgan fingerprint density at radius 3 is 2.62 bits per heavy atom. The molecule has 0 spiro atoms. The van der Waals surface area contributed by atoms with Crippen molar-refractivity contribution in [2.24, 2.45) is 5.92 Å². The van der Waals surface area contributed by atoms with Crippen LogP contribution in [0.5, 0.6) is 0 Å². The molecule has 1 amide bonds. The van der Waals surface area contributed by atoms with Gasteiger partial charge in [-0.1, -0.05) is 12.1 Å². The topological polar surface area (TPSA) is 71.3 Å². The SMILES string of the molecule is Cc1noc(-c2ccc(C(=O)NC[C@H](C)CN3CCCC3)cc2)n1. The molecule has 0 aliphatic carbocycles. The van der Waals surface area contributed by atoms with Gasteiger partial charge < -0.3 is 14.7 Å². The molecule has 1 aliphatic rings. The summed E-state index contributed by atoms with van der Waals surface area (Å²) in [4.78, 5) is 18.9. The first-order chi connectivity index (χ1) is 11.6. The van der Waals surface area contributed by atoms with Crippen LogP contribution in [0.25, 0.3) is 11.5 Å². The zero-order valence-electron chi connectivity index (χ0n) is 14.3. The van der Waals surface area contributed by atoms with E-state index in [1.54, 1.807) is 19.1 Å². The Hall–Kier alpha value is -2.21. The van der Waals surface area contributed by atoms with Crippen molar-refractivity contribution in [3.05, 3.63) is 35.7 Å². The molecule has 2 heterocycles. The molecule has 0 bridgehead atoms. The molecule has 128 valence electrons. The predicted molar refractivity (Wildman–Crippen MR) is 91.6 cm³/mol. The monoisotopic (exact) mass is 328 g/mol. The van der Waals surface area contributed by atoms with E-state index in [0.717, 1.165) is 12.1 Å². The quantitative estimate of drug-likeness (QED) is 0.882. The Morgan fingerprint density at radius 1 is 1.29 bits per heavy atom. The van der Waals surface area contributed by atoms with Crippen molar-refractivity contribution < 1.29 is 9.32 Å². The van der Waals surface area contributed by atoms with Crippen molar-refractivity contribution in [2.75, 3.05) is 26.2 Å². The summed E-state index contributed by atoms with van der Waals surface area (Å²) in [6, 6.07) is 7.23. The summed E-state index contributed by atoms with van der Waals surface area (Å²) in [6.45, 7) is 8.08. The number of amides is 1. The fourth-order valence-corrected chi connectivity index (χ4v) is 3.02. The molecule has 1 fully saturated rings. The van der Waals surface area contributed by atoms with Crippen LogP contribution in [0.3, 0.4) is 0 Å². The lowest BCUT2D eigenvalue weighted by molar-refractivity contribution is 0.0945. The zero-order valence-corrected chi connectivity index (χ0v) is 14.3. The Labute approximate surface area is 142 Å². The molecule has 6 heteroatoms. The van der Waals surface area contributed by atoms with E-state index >= 15 is 0 Å². The number of aryl methyl sites for hydroxylation is 1. The summed E-state index contributed by atoms with van der Waals surface area (Å²) in [5.41, 5.74) is 1.46. The van der Waals surface area contributed by atoms with Gasteiger partial charge in [-0.2, -0.15) is 4.98 Å². The Balaban J connectivity index is 1.51. The molecule has 1 N–H and O–H groups in total. The summed E-state index contributed by atoms with van der Waals surface area (Å²) in [5.74, 6) is 1.47. The van der Waals surface area contributed by atoms with Crippen molar-refractivity contribution in [3.63, 3.8) is 0 Å². The largest absolute Gasteiger partial charge is 0.352 e. The van der Waals surface area contributed by atoms with E-state index < -0.39 is 0 Å². The maximum absolute atomic E-state index is 12.3. The first-order valence-corrected chi connectivity index (χ1v) is 8.53. The highest BCUT2D eigenvalue weighted by molar-refractivity contribution is 5.94. The van der Waals surface area contributed by atoms with Gasteiger partial charge in [0.2, 0.25) is 0 Å². The number of nitrogens with one attached hydrogen (secondary N) is 1. The Kier molecular flexibility index (Phi) is 5.25. The van der Waals surface area contributed by atoms with Gasteiger partial charge >= 0.3 is 0 Å². The van der Waals surface area contributed by atoms with E-state index in [-0.39, 0.29) is 5.91 Å². The number of rotatable bonds is 6. The third kappa shape index (κ3) is 4.20. The molecule has 3 rings (SSSR count). The molecule has 1 saturated heterocycles. The van der Waals surface area contributed by atoms with E-state index in [4.69, 9.17) is 4.52 Å². The first-order valence-electron chi connectivity index (χ1n) is 8.53. The van der Waals surface area contributed by atoms with Crippen LogP contribution < -0.4 is 5.32 Å². The maximum atomic E-state index is 12.3. The predicted octanol–water partition coefficient (Wildman–Crippen LogP) is 2.51. The average Bonchev–Trinajstić information content (AvgIpc) is 3.24. The van der Waals surface area contributed by atoms with Crippen molar-refractivity contribution in [1.29, 1.82) is 0 Å². The van der Waals surface area contributed by atoms with Crippen LogP contribution in [0.2, 0.25) is 0 Å². The minimum absolute atomic E-state index is 0.0449. The molecule has 0 saturated carbocycles. The fourth-order valence-electron chi connectivity index (χ4n) is 3.02. The molecule has 1 aromatic carbocycles. The van der Waals surface area contributed by atoms with Crippen molar-refractivity contribution in [1.82, 2.24) is 20.4 Å². The normalized spacial score (nSPS) is 16.2. The van der Waals surface area contributed by atoms with E-state index in [9.17, 15) is 4.79 Å². The Morgan fingerprint density at radius 2 is 2.00 bits per heavy atom. The lowest BCUT2D eigenvalue weighted by atomic mass is 10.1. The molecule has 0 unspecified atom stereocenters. The molecule has 6 nitrogen and oxygen atoms in total. The molecule has 2 aromatic rings. The molecule has 1 aromatic heterocycles. The van der Waals surface area contributed by atoms with Gasteiger partial charge in [-0.15, -0.1) is 0 Å². The minimum Gasteiger partial charge on any atom is -0.352 e. The summed E-state index contributed by atoms with van der Waals surface area (Å²) in [6.07, 6.45) is 2.59. The number of nitrogens with zero attached hydrogens (tertiary/aromatic N) is 3. The maximum Gasteiger partial charge on any atom is 0.257 e. The number of aromatic nitrogens is 2. The van der Waals surface area contributed by atoms with Crippen LogP contribution in [-0.2, 0) is 0 Å². The van der Waals surface area contributed by atoms with Crippen LogP contribution in [0.1, 0.15) is 35.9 Å². The van der Waals surface area contributed by atoms with Gasteiger partial charge in [0.25, 0.3) is 11.8 Å². The summed E-state index contributed by atoms with van der Waals surface area (Å²) in [7, 11) is 0. The van der Waals surface area contributed by atoms with Crippen LogP contribution in [0, 0.1) is 12.8 Å². The highest BCUT2D eigenvalue weighted by Crippen LogP contribution is 2.17. The van der Waals surface area contributed by atoms with Crippen molar-refractivity contribution in [2.45, 2.75) is 26.7 Å². The number of carbonyl (C=O) groups is 1. The number of carbonyl (C=O) groups excluding carboxylic acids is 1. The smallest absolute Gasteiger partial charge is 0.257 e. The number of hydrogen-bond donors (Lipinski definition) is 1. The standard InChI is InChI=1S/C18H24N4O2/c1-13(12-22-9-3-4-10-22)11-19-17(23)15-5-7-16(8-6-15)18-20-14(2)21-24-18/h5-8,13H,3-4,9-12H2,1-2H3,(H,19,23)/t13-/m0/s1. The summed E-state index contributed by atoms with van der Waals surface area (Å²) < 4.78 is 5.13. The van der Waals surface area contributed by atoms with Gasteiger partial charge in [0.05, 0.1) is 0 Å². The van der Waals surface area contributed by atoms with Crippen LogP contribution >= 0.6 is 0 Å². The summed E-state index contributed by atoms with van der Waals surface area (Å²) >= 11 is 0. The lowest BCUT2D eigenvalue weighted by Gasteiger charge is -2.20. The van der Waals surface area contributed by atoms with E-state index in [0.29, 0.717) is 29.7 Å². The zero-order chi connectivity index (χ0) is 16.9. The van der Waals surface area contributed by atoms with Gasteiger partial charge in [0, 0.05) is 24.2 Å². The van der Waals surface area contributed by atoms with E-state index in [2.05, 4.69) is 27.3 Å². The van der Waals surface area contributed by atoms with Crippen LogP contribution in [0.4, 0.5) is 0 Å². The third-order valence-corrected chi connectivity index (χ3v) is 4.30. The van der Waals surface area contributed by atoms with Crippen molar-refractivity contribution in [3.8, 4) is 11.5 Å². The van der Waals surface area contributed by atoms with Crippen LogP contribution in [0.15, 0.2) is 28.8 Å². The first kappa shape index (κ1) is 16.6. The molecule has 1 aliphatic heterocycles. The molecule has 1 atom stereocenters. The second-order valence-corrected chi connectivity index (χ2v) is 6.55. The van der Waals surface area contributed by atoms with Gasteiger partial charge in [-0.05, 0) is 63.0 Å². The molecular formula is C18H24N4O2. The highest BCUT2D eigenvalue weighted by atomic mass is 16.5.